The second-order valence-corrected chi connectivity index (χ2v) is 8.00. The van der Waals surface area contributed by atoms with E-state index in [-0.39, 0.29) is 0 Å². The van der Waals surface area contributed by atoms with Crippen molar-refractivity contribution in [1.82, 2.24) is 20.3 Å². The Morgan fingerprint density at radius 1 is 1.16 bits per heavy atom. The quantitative estimate of drug-likeness (QED) is 0.192. The van der Waals surface area contributed by atoms with Crippen molar-refractivity contribution in [1.29, 1.82) is 0 Å². The van der Waals surface area contributed by atoms with E-state index in [1.54, 1.807) is 11.6 Å². The van der Waals surface area contributed by atoms with Gasteiger partial charge in [0, 0.05) is 42.8 Å². The summed E-state index contributed by atoms with van der Waals surface area (Å²) >= 11 is 0. The predicted octanol–water partition coefficient (Wildman–Crippen LogP) is 3.44. The van der Waals surface area contributed by atoms with Gasteiger partial charge < -0.3 is 14.8 Å². The van der Waals surface area contributed by atoms with Gasteiger partial charge in [0.1, 0.15) is 0 Å². The lowest BCUT2D eigenvalue weighted by Gasteiger charge is -2.11. The van der Waals surface area contributed by atoms with Gasteiger partial charge in [-0.1, -0.05) is 36.4 Å². The van der Waals surface area contributed by atoms with Crippen molar-refractivity contribution in [3.8, 4) is 0 Å². The van der Waals surface area contributed by atoms with Crippen molar-refractivity contribution in [2.75, 3.05) is 27.2 Å². The molecular formula is C25H32N4O2. The number of aryl methyl sites for hydroxylation is 1. The highest BCUT2D eigenvalue weighted by atomic mass is 16.5. The lowest BCUT2D eigenvalue weighted by Crippen LogP contribution is -2.18. The molecule has 3 aromatic rings. The summed E-state index contributed by atoms with van der Waals surface area (Å²) in [5, 5.41) is 13.4. The Balaban J connectivity index is 1.70. The molecule has 0 atom stereocenters. The smallest absolute Gasteiger partial charge is 0.267 e. The van der Waals surface area contributed by atoms with Gasteiger partial charge in [-0.2, -0.15) is 0 Å². The Kier molecular flexibility index (Phi) is 8.41. The second-order valence-electron chi connectivity index (χ2n) is 8.00. The van der Waals surface area contributed by atoms with E-state index in [1.165, 1.54) is 28.1 Å². The van der Waals surface area contributed by atoms with Crippen LogP contribution in [0.15, 0.2) is 60.8 Å². The van der Waals surface area contributed by atoms with Crippen LogP contribution in [0.2, 0.25) is 0 Å². The highest BCUT2D eigenvalue weighted by Crippen LogP contribution is 2.24. The first-order valence-corrected chi connectivity index (χ1v) is 10.7. The molecule has 31 heavy (non-hydrogen) atoms. The first kappa shape index (κ1) is 22.7. The summed E-state index contributed by atoms with van der Waals surface area (Å²) < 4.78 is 2.30. The minimum Gasteiger partial charge on any atom is -0.346 e. The summed E-state index contributed by atoms with van der Waals surface area (Å²) in [7, 11) is 4.16. The Labute approximate surface area is 184 Å². The fraction of sp³-hybridized carbons (Fsp3) is 0.320. The van der Waals surface area contributed by atoms with E-state index in [1.807, 2.05) is 12.1 Å². The Hall–Kier alpha value is -2.93. The van der Waals surface area contributed by atoms with Crippen LogP contribution in [0.4, 0.5) is 0 Å². The van der Waals surface area contributed by atoms with Crippen LogP contribution in [-0.4, -0.2) is 47.8 Å². The molecule has 0 aliphatic heterocycles. The van der Waals surface area contributed by atoms with Crippen LogP contribution in [0, 0.1) is 0 Å². The SMILES string of the molecule is CN(C)CCn1cc(CNCCCc2ccccc2)c2cc(/C=C/C(=O)NO)ccc21. The van der Waals surface area contributed by atoms with Crippen molar-refractivity contribution in [2.45, 2.75) is 25.9 Å². The van der Waals surface area contributed by atoms with Gasteiger partial charge in [-0.3, -0.25) is 10.0 Å². The molecule has 3 N–H and O–H groups in total. The standard InChI is InChI=1S/C25H32N4O2/c1-28(2)15-16-29-19-22(18-26-14-6-9-20-7-4-3-5-8-20)23-17-21(10-12-24(23)29)11-13-25(30)27-31/h3-5,7-8,10-13,17,19,26,31H,6,9,14-16,18H2,1-2H3,(H,27,30)/b13-11+. The number of carbonyl (C=O) groups excluding carboxylic acids is 1. The fourth-order valence-corrected chi connectivity index (χ4v) is 3.62. The van der Waals surface area contributed by atoms with Gasteiger partial charge in [-0.25, -0.2) is 5.48 Å². The minimum atomic E-state index is -0.538. The average molecular weight is 421 g/mol. The van der Waals surface area contributed by atoms with Crippen LogP contribution in [0.5, 0.6) is 0 Å². The Morgan fingerprint density at radius 2 is 1.97 bits per heavy atom. The number of aromatic nitrogens is 1. The number of benzene rings is 2. The van der Waals surface area contributed by atoms with E-state index in [4.69, 9.17) is 5.21 Å². The number of hydrogen-bond donors (Lipinski definition) is 3. The van der Waals surface area contributed by atoms with Crippen LogP contribution in [0.3, 0.4) is 0 Å². The summed E-state index contributed by atoms with van der Waals surface area (Å²) in [6, 6.07) is 16.8. The third kappa shape index (κ3) is 6.79. The number of rotatable bonds is 11. The highest BCUT2D eigenvalue weighted by Gasteiger charge is 2.09. The third-order valence-corrected chi connectivity index (χ3v) is 5.29. The summed E-state index contributed by atoms with van der Waals surface area (Å²) in [4.78, 5) is 13.5. The number of hydroxylamine groups is 1. The molecule has 164 valence electrons. The first-order valence-electron chi connectivity index (χ1n) is 10.7. The molecule has 6 heteroatoms. The molecule has 1 aromatic heterocycles. The Morgan fingerprint density at radius 3 is 2.71 bits per heavy atom. The van der Waals surface area contributed by atoms with Crippen molar-refractivity contribution in [3.63, 3.8) is 0 Å². The molecule has 6 nitrogen and oxygen atoms in total. The summed E-state index contributed by atoms with van der Waals surface area (Å²) in [6.07, 6.45) is 7.42. The van der Waals surface area contributed by atoms with Crippen LogP contribution in [-0.2, 0) is 24.3 Å². The van der Waals surface area contributed by atoms with Gasteiger partial charge in [0.15, 0.2) is 0 Å². The zero-order valence-corrected chi connectivity index (χ0v) is 18.3. The zero-order chi connectivity index (χ0) is 22.1. The molecule has 0 saturated carbocycles. The molecule has 0 radical (unpaired) electrons. The molecule has 0 aliphatic rings. The summed E-state index contributed by atoms with van der Waals surface area (Å²) in [5.74, 6) is -0.538. The molecule has 1 heterocycles. The molecule has 0 saturated heterocycles. The largest absolute Gasteiger partial charge is 0.346 e. The van der Waals surface area contributed by atoms with Crippen LogP contribution < -0.4 is 10.8 Å². The van der Waals surface area contributed by atoms with Crippen LogP contribution in [0.25, 0.3) is 17.0 Å². The van der Waals surface area contributed by atoms with Crippen molar-refractivity contribution >= 4 is 22.9 Å². The average Bonchev–Trinajstić information content (AvgIpc) is 3.13. The van der Waals surface area contributed by atoms with Crippen molar-refractivity contribution in [2.24, 2.45) is 0 Å². The molecule has 2 aromatic carbocycles. The maximum Gasteiger partial charge on any atom is 0.267 e. The number of carbonyl (C=O) groups is 1. The van der Waals surface area contributed by atoms with Gasteiger partial charge in [0.2, 0.25) is 0 Å². The van der Waals surface area contributed by atoms with Gasteiger partial charge >= 0.3 is 0 Å². The monoisotopic (exact) mass is 420 g/mol. The molecule has 0 fully saturated rings. The zero-order valence-electron chi connectivity index (χ0n) is 18.3. The molecule has 0 aliphatic carbocycles. The number of fused-ring (bicyclic) bond motifs is 1. The van der Waals surface area contributed by atoms with E-state index in [0.717, 1.165) is 44.6 Å². The lowest BCUT2D eigenvalue weighted by atomic mass is 10.1. The number of likely N-dealkylation sites (N-methyl/N-ethyl adjacent to an activating group) is 1. The van der Waals surface area contributed by atoms with Crippen molar-refractivity contribution < 1.29 is 10.0 Å². The van der Waals surface area contributed by atoms with Crippen LogP contribution in [0.1, 0.15) is 23.1 Å². The molecule has 0 unspecified atom stereocenters. The van der Waals surface area contributed by atoms with Gasteiger partial charge in [0.25, 0.3) is 5.91 Å². The number of nitrogens with one attached hydrogen (secondary N) is 2. The second kappa shape index (κ2) is 11.5. The molecule has 1 amide bonds. The minimum absolute atomic E-state index is 0.538. The third-order valence-electron chi connectivity index (χ3n) is 5.29. The van der Waals surface area contributed by atoms with Crippen LogP contribution >= 0.6 is 0 Å². The topological polar surface area (TPSA) is 69.5 Å². The van der Waals surface area contributed by atoms with E-state index < -0.39 is 5.91 Å². The normalized spacial score (nSPS) is 11.6. The lowest BCUT2D eigenvalue weighted by molar-refractivity contribution is -0.124. The maximum atomic E-state index is 11.3. The molecule has 3 rings (SSSR count). The van der Waals surface area contributed by atoms with Gasteiger partial charge in [-0.15, -0.1) is 0 Å². The van der Waals surface area contributed by atoms with Gasteiger partial charge in [0.05, 0.1) is 0 Å². The van der Waals surface area contributed by atoms with E-state index in [9.17, 15) is 4.79 Å². The summed E-state index contributed by atoms with van der Waals surface area (Å²) in [5.41, 5.74) is 6.35. The Bertz CT molecular complexity index is 1010. The highest BCUT2D eigenvalue weighted by molar-refractivity contribution is 5.92. The molecule has 0 spiro atoms. The van der Waals surface area contributed by atoms with Gasteiger partial charge in [-0.05, 0) is 68.4 Å². The number of amides is 1. The van der Waals surface area contributed by atoms with Crippen molar-refractivity contribution in [3.05, 3.63) is 77.5 Å². The van der Waals surface area contributed by atoms with E-state index in [0.29, 0.717) is 0 Å². The molecule has 0 bridgehead atoms. The maximum absolute atomic E-state index is 11.3. The molecular weight excluding hydrogens is 388 g/mol. The van der Waals surface area contributed by atoms with E-state index in [2.05, 4.69) is 71.5 Å². The number of nitrogens with zero attached hydrogens (tertiary/aromatic N) is 2. The summed E-state index contributed by atoms with van der Waals surface area (Å²) in [6.45, 7) is 3.63. The fourth-order valence-electron chi connectivity index (χ4n) is 3.62. The first-order chi connectivity index (χ1) is 15.1. The number of hydrogen-bond acceptors (Lipinski definition) is 4. The van der Waals surface area contributed by atoms with E-state index >= 15 is 0 Å². The predicted molar refractivity (Wildman–Crippen MR) is 126 cm³/mol.